The third kappa shape index (κ3) is 3.21. The van der Waals surface area contributed by atoms with Crippen LogP contribution < -0.4 is 5.32 Å². The van der Waals surface area contributed by atoms with Crippen LogP contribution in [0.3, 0.4) is 0 Å². The molecule has 0 saturated carbocycles. The van der Waals surface area contributed by atoms with Crippen molar-refractivity contribution in [3.05, 3.63) is 57.8 Å². The Hall–Kier alpha value is -1.12. The molecule has 0 bridgehead atoms. The predicted molar refractivity (Wildman–Crippen MR) is 80.3 cm³/mol. The number of nitrogens with one attached hydrogen (secondary N) is 1. The quantitative estimate of drug-likeness (QED) is 0.819. The number of rotatable bonds is 6. The van der Waals surface area contributed by atoms with E-state index in [1.54, 1.807) is 11.3 Å². The monoisotopic (exact) mass is 259 g/mol. The first-order valence-corrected chi connectivity index (χ1v) is 7.55. The van der Waals surface area contributed by atoms with Gasteiger partial charge in [0.2, 0.25) is 0 Å². The maximum Gasteiger partial charge on any atom is 0.0323 e. The molecule has 96 valence electrons. The number of hydrogen-bond donors (Lipinski definition) is 1. The topological polar surface area (TPSA) is 12.0 Å². The average Bonchev–Trinajstić information content (AvgIpc) is 2.93. The smallest absolute Gasteiger partial charge is 0.0323 e. The van der Waals surface area contributed by atoms with Crippen LogP contribution in [-0.4, -0.2) is 7.05 Å². The molecule has 0 aliphatic rings. The second-order valence-electron chi connectivity index (χ2n) is 4.56. The third-order valence-corrected chi connectivity index (χ3v) is 4.19. The van der Waals surface area contributed by atoms with Crippen LogP contribution in [0.15, 0.2) is 41.1 Å². The van der Waals surface area contributed by atoms with E-state index in [9.17, 15) is 0 Å². The zero-order valence-corrected chi connectivity index (χ0v) is 12.0. The SMILES string of the molecule is CCc1ccccc1C(CCc1ccsc1)NC. The summed E-state index contributed by atoms with van der Waals surface area (Å²) in [6.07, 6.45) is 3.41. The van der Waals surface area contributed by atoms with Gasteiger partial charge in [0.25, 0.3) is 0 Å². The molecule has 0 spiro atoms. The average molecular weight is 259 g/mol. The van der Waals surface area contributed by atoms with Gasteiger partial charge < -0.3 is 5.32 Å². The molecule has 0 amide bonds. The molecule has 0 aliphatic carbocycles. The maximum atomic E-state index is 3.46. The first-order chi connectivity index (χ1) is 8.85. The molecule has 0 fully saturated rings. The van der Waals surface area contributed by atoms with E-state index in [0.29, 0.717) is 6.04 Å². The third-order valence-electron chi connectivity index (χ3n) is 3.46. The molecule has 1 heterocycles. The molecule has 1 aromatic heterocycles. The number of hydrogen-bond acceptors (Lipinski definition) is 2. The van der Waals surface area contributed by atoms with E-state index in [1.165, 1.54) is 16.7 Å². The normalized spacial score (nSPS) is 12.6. The Labute approximate surface area is 114 Å². The molecule has 1 unspecified atom stereocenters. The molecular weight excluding hydrogens is 238 g/mol. The Kier molecular flexibility index (Phi) is 4.97. The van der Waals surface area contributed by atoms with Gasteiger partial charge in [0.05, 0.1) is 0 Å². The van der Waals surface area contributed by atoms with Gasteiger partial charge in [-0.15, -0.1) is 0 Å². The highest BCUT2D eigenvalue weighted by Gasteiger charge is 2.12. The lowest BCUT2D eigenvalue weighted by molar-refractivity contribution is 0.545. The van der Waals surface area contributed by atoms with Crippen LogP contribution in [0.2, 0.25) is 0 Å². The molecular formula is C16H21NS. The van der Waals surface area contributed by atoms with Crippen LogP contribution in [0.5, 0.6) is 0 Å². The number of benzene rings is 1. The van der Waals surface area contributed by atoms with E-state index in [2.05, 4.69) is 60.4 Å². The lowest BCUT2D eigenvalue weighted by atomic mass is 9.94. The van der Waals surface area contributed by atoms with Gasteiger partial charge in [0, 0.05) is 6.04 Å². The predicted octanol–water partition coefficient (Wildman–Crippen LogP) is 4.20. The Morgan fingerprint density at radius 3 is 2.72 bits per heavy atom. The minimum atomic E-state index is 0.459. The molecule has 0 aliphatic heterocycles. The number of aryl methyl sites for hydroxylation is 2. The first-order valence-electron chi connectivity index (χ1n) is 6.61. The Morgan fingerprint density at radius 1 is 1.22 bits per heavy atom. The Balaban J connectivity index is 2.08. The van der Waals surface area contributed by atoms with E-state index >= 15 is 0 Å². The maximum absolute atomic E-state index is 3.46. The van der Waals surface area contributed by atoms with Gasteiger partial charge in [-0.05, 0) is 59.8 Å². The fourth-order valence-electron chi connectivity index (χ4n) is 2.40. The molecule has 1 atom stereocenters. The highest BCUT2D eigenvalue weighted by atomic mass is 32.1. The van der Waals surface area contributed by atoms with Crippen LogP contribution in [0.25, 0.3) is 0 Å². The highest BCUT2D eigenvalue weighted by Crippen LogP contribution is 2.23. The molecule has 2 rings (SSSR count). The molecule has 2 aromatic rings. The molecule has 1 nitrogen and oxygen atoms in total. The summed E-state index contributed by atoms with van der Waals surface area (Å²) in [5, 5.41) is 7.86. The Bertz CT molecular complexity index is 462. The summed E-state index contributed by atoms with van der Waals surface area (Å²) < 4.78 is 0. The summed E-state index contributed by atoms with van der Waals surface area (Å²) in [7, 11) is 2.06. The molecule has 1 aromatic carbocycles. The molecule has 18 heavy (non-hydrogen) atoms. The minimum Gasteiger partial charge on any atom is -0.313 e. The van der Waals surface area contributed by atoms with Crippen LogP contribution in [-0.2, 0) is 12.8 Å². The van der Waals surface area contributed by atoms with Gasteiger partial charge in [0.15, 0.2) is 0 Å². The van der Waals surface area contributed by atoms with E-state index in [0.717, 1.165) is 19.3 Å². The van der Waals surface area contributed by atoms with Crippen molar-refractivity contribution in [1.29, 1.82) is 0 Å². The zero-order chi connectivity index (χ0) is 12.8. The van der Waals surface area contributed by atoms with Crippen molar-refractivity contribution in [2.75, 3.05) is 7.05 Å². The van der Waals surface area contributed by atoms with Crippen molar-refractivity contribution >= 4 is 11.3 Å². The second-order valence-corrected chi connectivity index (χ2v) is 5.34. The summed E-state index contributed by atoms with van der Waals surface area (Å²) >= 11 is 1.78. The van der Waals surface area contributed by atoms with Crippen molar-refractivity contribution in [1.82, 2.24) is 5.32 Å². The highest BCUT2D eigenvalue weighted by molar-refractivity contribution is 7.07. The Morgan fingerprint density at radius 2 is 2.06 bits per heavy atom. The minimum absolute atomic E-state index is 0.459. The largest absolute Gasteiger partial charge is 0.313 e. The molecule has 1 N–H and O–H groups in total. The number of thiophene rings is 1. The van der Waals surface area contributed by atoms with E-state index in [-0.39, 0.29) is 0 Å². The van der Waals surface area contributed by atoms with E-state index < -0.39 is 0 Å². The zero-order valence-electron chi connectivity index (χ0n) is 11.1. The van der Waals surface area contributed by atoms with Gasteiger partial charge in [-0.3, -0.25) is 0 Å². The second kappa shape index (κ2) is 6.72. The van der Waals surface area contributed by atoms with Crippen molar-refractivity contribution < 1.29 is 0 Å². The fraction of sp³-hybridized carbons (Fsp3) is 0.375. The summed E-state index contributed by atoms with van der Waals surface area (Å²) in [6.45, 7) is 2.23. The van der Waals surface area contributed by atoms with E-state index in [4.69, 9.17) is 0 Å². The van der Waals surface area contributed by atoms with Crippen molar-refractivity contribution in [2.24, 2.45) is 0 Å². The standard InChI is InChI=1S/C16H21NS/c1-3-14-6-4-5-7-15(14)16(17-2)9-8-13-10-11-18-12-13/h4-7,10-12,16-17H,3,8-9H2,1-2H3. The lowest BCUT2D eigenvalue weighted by Crippen LogP contribution is -2.18. The van der Waals surface area contributed by atoms with Gasteiger partial charge >= 0.3 is 0 Å². The summed E-state index contributed by atoms with van der Waals surface area (Å²) in [4.78, 5) is 0. The van der Waals surface area contributed by atoms with Crippen molar-refractivity contribution in [3.8, 4) is 0 Å². The van der Waals surface area contributed by atoms with Crippen LogP contribution >= 0.6 is 11.3 Å². The van der Waals surface area contributed by atoms with Crippen LogP contribution in [0.4, 0.5) is 0 Å². The fourth-order valence-corrected chi connectivity index (χ4v) is 3.10. The van der Waals surface area contributed by atoms with Gasteiger partial charge in [-0.2, -0.15) is 11.3 Å². The molecule has 0 radical (unpaired) electrons. The molecule has 2 heteroatoms. The summed E-state index contributed by atoms with van der Waals surface area (Å²) in [5.41, 5.74) is 4.37. The van der Waals surface area contributed by atoms with Gasteiger partial charge in [0.1, 0.15) is 0 Å². The van der Waals surface area contributed by atoms with Gasteiger partial charge in [-0.25, -0.2) is 0 Å². The lowest BCUT2D eigenvalue weighted by Gasteiger charge is -2.19. The van der Waals surface area contributed by atoms with Crippen molar-refractivity contribution in [2.45, 2.75) is 32.2 Å². The van der Waals surface area contributed by atoms with Gasteiger partial charge in [-0.1, -0.05) is 31.2 Å². The summed E-state index contributed by atoms with van der Waals surface area (Å²) in [5.74, 6) is 0. The van der Waals surface area contributed by atoms with Crippen LogP contribution in [0, 0.1) is 0 Å². The van der Waals surface area contributed by atoms with E-state index in [1.807, 2.05) is 0 Å². The first kappa shape index (κ1) is 13.3. The summed E-state index contributed by atoms with van der Waals surface area (Å²) in [6, 6.07) is 11.5. The van der Waals surface area contributed by atoms with Crippen molar-refractivity contribution in [3.63, 3.8) is 0 Å². The molecule has 0 saturated heterocycles. The van der Waals surface area contributed by atoms with Crippen LogP contribution in [0.1, 0.15) is 36.1 Å².